The predicted octanol–water partition coefficient (Wildman–Crippen LogP) is 2.90. The molecule has 2 aromatic heterocycles. The third-order valence-corrected chi connectivity index (χ3v) is 5.41. The summed E-state index contributed by atoms with van der Waals surface area (Å²) in [6, 6.07) is 4.18. The zero-order valence-corrected chi connectivity index (χ0v) is 14.9. The average Bonchev–Trinajstić information content (AvgIpc) is 3.25. The number of hydrogen-bond acceptors (Lipinski definition) is 5. The lowest BCUT2D eigenvalue weighted by Crippen LogP contribution is -2.37. The number of nitrogens with zero attached hydrogens (tertiary/aromatic N) is 4. The summed E-state index contributed by atoms with van der Waals surface area (Å²) in [5.74, 6) is 0.897. The molecule has 1 atom stereocenters. The Morgan fingerprint density at radius 3 is 2.71 bits per heavy atom. The molecule has 1 amide bonds. The zero-order valence-electron chi connectivity index (χ0n) is 14.1. The molecule has 0 radical (unpaired) electrons. The molecule has 0 unspecified atom stereocenters. The van der Waals surface area contributed by atoms with E-state index in [4.69, 9.17) is 0 Å². The molecule has 1 saturated carbocycles. The van der Waals surface area contributed by atoms with Crippen LogP contribution in [0.15, 0.2) is 29.7 Å². The number of aromatic nitrogens is 4. The van der Waals surface area contributed by atoms with Gasteiger partial charge in [0.1, 0.15) is 0 Å². The van der Waals surface area contributed by atoms with E-state index < -0.39 is 0 Å². The molecule has 1 aliphatic carbocycles. The van der Waals surface area contributed by atoms with Crippen LogP contribution in [0.1, 0.15) is 39.5 Å². The molecule has 2 heterocycles. The third kappa shape index (κ3) is 3.77. The molecule has 1 aliphatic rings. The molecule has 128 valence electrons. The third-order valence-electron chi connectivity index (χ3n) is 4.32. The quantitative estimate of drug-likeness (QED) is 0.815. The molecule has 6 nitrogen and oxygen atoms in total. The smallest absolute Gasteiger partial charge is 0.233 e. The van der Waals surface area contributed by atoms with Gasteiger partial charge in [-0.05, 0) is 38.8 Å². The normalized spacial score (nSPS) is 16.2. The Hall–Kier alpha value is -1.89. The number of rotatable bonds is 6. The van der Waals surface area contributed by atoms with Gasteiger partial charge in [-0.2, -0.15) is 0 Å². The summed E-state index contributed by atoms with van der Waals surface area (Å²) < 4.78 is 2.04. The van der Waals surface area contributed by atoms with Crippen molar-refractivity contribution < 1.29 is 4.79 Å². The molecule has 0 aliphatic heterocycles. The molecule has 1 N–H and O–H groups in total. The van der Waals surface area contributed by atoms with Crippen LogP contribution in [-0.4, -0.2) is 36.9 Å². The highest BCUT2D eigenvalue weighted by Crippen LogP contribution is 2.27. The number of amides is 1. The molecule has 3 rings (SSSR count). The molecule has 2 aromatic rings. The van der Waals surface area contributed by atoms with Crippen LogP contribution in [0.2, 0.25) is 0 Å². The van der Waals surface area contributed by atoms with E-state index in [1.165, 1.54) is 24.6 Å². The largest absolute Gasteiger partial charge is 0.352 e. The van der Waals surface area contributed by atoms with Crippen LogP contribution in [0.5, 0.6) is 0 Å². The van der Waals surface area contributed by atoms with Crippen LogP contribution >= 0.6 is 11.8 Å². The fourth-order valence-electron chi connectivity index (χ4n) is 2.98. The van der Waals surface area contributed by atoms with Gasteiger partial charge in [-0.25, -0.2) is 0 Å². The monoisotopic (exact) mass is 345 g/mol. The summed E-state index contributed by atoms with van der Waals surface area (Å²) in [6.45, 7) is 4.74. The molecule has 24 heavy (non-hydrogen) atoms. The lowest BCUT2D eigenvalue weighted by Gasteiger charge is -2.16. The van der Waals surface area contributed by atoms with Crippen molar-refractivity contribution >= 4 is 17.7 Å². The fourth-order valence-corrected chi connectivity index (χ4v) is 3.90. The van der Waals surface area contributed by atoms with Crippen molar-refractivity contribution in [2.75, 3.05) is 0 Å². The van der Waals surface area contributed by atoms with E-state index in [2.05, 4.69) is 27.4 Å². The number of pyridine rings is 1. The van der Waals surface area contributed by atoms with Crippen LogP contribution in [0.25, 0.3) is 11.4 Å². The Labute approximate surface area is 146 Å². The van der Waals surface area contributed by atoms with Crippen molar-refractivity contribution in [3.05, 3.63) is 24.5 Å². The Balaban J connectivity index is 1.70. The van der Waals surface area contributed by atoms with Crippen molar-refractivity contribution in [1.29, 1.82) is 0 Å². The van der Waals surface area contributed by atoms with E-state index in [0.717, 1.165) is 35.9 Å². The molecule has 0 aromatic carbocycles. The number of thioether (sulfide) groups is 1. The van der Waals surface area contributed by atoms with Gasteiger partial charge in [0.15, 0.2) is 11.0 Å². The maximum Gasteiger partial charge on any atom is 0.233 e. The lowest BCUT2D eigenvalue weighted by molar-refractivity contribution is -0.120. The summed E-state index contributed by atoms with van der Waals surface area (Å²) in [7, 11) is 0. The van der Waals surface area contributed by atoms with Gasteiger partial charge in [0.05, 0.1) is 5.25 Å². The summed E-state index contributed by atoms with van der Waals surface area (Å²) in [6.07, 6.45) is 8.11. The first-order valence-electron chi connectivity index (χ1n) is 8.49. The van der Waals surface area contributed by atoms with Gasteiger partial charge in [-0.15, -0.1) is 10.2 Å². The van der Waals surface area contributed by atoms with Gasteiger partial charge in [-0.3, -0.25) is 9.78 Å². The summed E-state index contributed by atoms with van der Waals surface area (Å²) in [5, 5.41) is 12.3. The Morgan fingerprint density at radius 1 is 1.33 bits per heavy atom. The summed E-state index contributed by atoms with van der Waals surface area (Å²) in [4.78, 5) is 16.4. The first-order valence-corrected chi connectivity index (χ1v) is 9.37. The van der Waals surface area contributed by atoms with E-state index in [1.807, 2.05) is 23.6 Å². The highest BCUT2D eigenvalue weighted by Gasteiger charge is 2.23. The van der Waals surface area contributed by atoms with Gasteiger partial charge in [0.2, 0.25) is 5.91 Å². The van der Waals surface area contributed by atoms with Gasteiger partial charge >= 0.3 is 0 Å². The van der Waals surface area contributed by atoms with E-state index in [1.54, 1.807) is 12.4 Å². The molecule has 7 heteroatoms. The average molecular weight is 345 g/mol. The van der Waals surface area contributed by atoms with Gasteiger partial charge in [-0.1, -0.05) is 24.6 Å². The topological polar surface area (TPSA) is 72.7 Å². The molecule has 0 bridgehead atoms. The van der Waals surface area contributed by atoms with Gasteiger partial charge in [0.25, 0.3) is 0 Å². The minimum atomic E-state index is -0.189. The fraction of sp³-hybridized carbons (Fsp3) is 0.529. The molecule has 0 saturated heterocycles. The standard InChI is InChI=1S/C17H23N5OS/c1-3-22-15(13-8-10-18-11-9-13)20-21-17(22)24-12(2)16(23)19-14-6-4-5-7-14/h8-12,14H,3-7H2,1-2H3,(H,19,23)/t12-/m0/s1. The minimum Gasteiger partial charge on any atom is -0.352 e. The van der Waals surface area contributed by atoms with E-state index in [0.29, 0.717) is 6.04 Å². The number of hydrogen-bond donors (Lipinski definition) is 1. The zero-order chi connectivity index (χ0) is 16.9. The maximum atomic E-state index is 12.4. The molecular formula is C17H23N5OS. The molecule has 1 fully saturated rings. The highest BCUT2D eigenvalue weighted by molar-refractivity contribution is 8.00. The SMILES string of the molecule is CCn1c(S[C@@H](C)C(=O)NC2CCCC2)nnc1-c1ccncc1. The van der Waals surface area contributed by atoms with Crippen LogP contribution in [-0.2, 0) is 11.3 Å². The second kappa shape index (κ2) is 7.79. The van der Waals surface area contributed by atoms with Crippen molar-refractivity contribution in [2.24, 2.45) is 0 Å². The minimum absolute atomic E-state index is 0.0861. The summed E-state index contributed by atoms with van der Waals surface area (Å²) in [5.41, 5.74) is 0.981. The van der Waals surface area contributed by atoms with Crippen molar-refractivity contribution in [2.45, 2.75) is 62.5 Å². The second-order valence-corrected chi connectivity index (χ2v) is 7.34. The number of nitrogens with one attached hydrogen (secondary N) is 1. The van der Waals surface area contributed by atoms with E-state index in [9.17, 15) is 4.79 Å². The predicted molar refractivity (Wildman–Crippen MR) is 94.6 cm³/mol. The Bertz CT molecular complexity index is 682. The van der Waals surface area contributed by atoms with Crippen molar-refractivity contribution in [1.82, 2.24) is 25.1 Å². The first-order chi connectivity index (χ1) is 11.7. The Kier molecular flexibility index (Phi) is 5.50. The number of carbonyl (C=O) groups excluding carboxylic acids is 1. The van der Waals surface area contributed by atoms with Crippen LogP contribution in [0, 0.1) is 0 Å². The Morgan fingerprint density at radius 2 is 2.04 bits per heavy atom. The van der Waals surface area contributed by atoms with Gasteiger partial charge < -0.3 is 9.88 Å². The molecular weight excluding hydrogens is 322 g/mol. The van der Waals surface area contributed by atoms with Crippen molar-refractivity contribution in [3.63, 3.8) is 0 Å². The van der Waals surface area contributed by atoms with Crippen molar-refractivity contribution in [3.8, 4) is 11.4 Å². The van der Waals surface area contributed by atoms with Crippen LogP contribution in [0.4, 0.5) is 0 Å². The summed E-state index contributed by atoms with van der Waals surface area (Å²) >= 11 is 1.46. The second-order valence-electron chi connectivity index (χ2n) is 6.04. The first kappa shape index (κ1) is 17.0. The van der Waals surface area contributed by atoms with Crippen LogP contribution < -0.4 is 5.32 Å². The number of carbonyl (C=O) groups is 1. The van der Waals surface area contributed by atoms with E-state index >= 15 is 0 Å². The maximum absolute atomic E-state index is 12.4. The highest BCUT2D eigenvalue weighted by atomic mass is 32.2. The van der Waals surface area contributed by atoms with E-state index in [-0.39, 0.29) is 11.2 Å². The van der Waals surface area contributed by atoms with Gasteiger partial charge in [0, 0.05) is 30.5 Å². The molecule has 0 spiro atoms. The lowest BCUT2D eigenvalue weighted by atomic mass is 10.2. The van der Waals surface area contributed by atoms with Crippen LogP contribution in [0.3, 0.4) is 0 Å².